The van der Waals surface area contributed by atoms with Gasteiger partial charge >= 0.3 is 0 Å². The summed E-state index contributed by atoms with van der Waals surface area (Å²) in [7, 11) is 4.31. The summed E-state index contributed by atoms with van der Waals surface area (Å²) in [6.45, 7) is 5.41. The first-order chi connectivity index (χ1) is 13.7. The molecule has 0 saturated carbocycles. The van der Waals surface area contributed by atoms with Crippen molar-refractivity contribution >= 4 is 5.82 Å². The van der Waals surface area contributed by atoms with Gasteiger partial charge in [0.05, 0.1) is 5.69 Å². The van der Waals surface area contributed by atoms with E-state index in [1.165, 1.54) is 50.5 Å². The van der Waals surface area contributed by atoms with E-state index in [2.05, 4.69) is 78.7 Å². The molecule has 1 atom stereocenters. The van der Waals surface area contributed by atoms with Crippen LogP contribution in [0.25, 0.3) is 11.3 Å². The number of rotatable bonds is 13. The molecule has 28 heavy (non-hydrogen) atoms. The topological polar surface area (TPSA) is 41.1 Å². The number of nitrogens with zero attached hydrogens (tertiary/aromatic N) is 3. The van der Waals surface area contributed by atoms with E-state index in [0.29, 0.717) is 6.04 Å². The standard InChI is InChI=1S/C24H38N4/c1-5-7-8-9-11-17-21-18-23(20-15-12-10-13-16-20)26-27-24(21)25-19-22(14-6-2)28(3)4/h10,12-13,15-16,18,22H,5-9,11,14,17,19H2,1-4H3,(H,25,27). The van der Waals surface area contributed by atoms with Crippen molar-refractivity contribution in [3.05, 3.63) is 42.0 Å². The number of aryl methyl sites for hydroxylation is 1. The number of anilines is 1. The third kappa shape index (κ3) is 7.23. The van der Waals surface area contributed by atoms with Crippen molar-refractivity contribution < 1.29 is 0 Å². The molecule has 2 rings (SSSR count). The Morgan fingerprint density at radius 1 is 0.929 bits per heavy atom. The predicted octanol–water partition coefficient (Wildman–Crippen LogP) is 5.80. The number of unbranched alkanes of at least 4 members (excludes halogenated alkanes) is 4. The molecule has 0 aliphatic heterocycles. The lowest BCUT2D eigenvalue weighted by molar-refractivity contribution is 0.288. The molecule has 2 aromatic rings. The van der Waals surface area contributed by atoms with Gasteiger partial charge in [-0.05, 0) is 45.0 Å². The molecule has 0 bridgehead atoms. The first kappa shape index (κ1) is 22.4. The average molecular weight is 383 g/mol. The second kappa shape index (κ2) is 12.5. The van der Waals surface area contributed by atoms with E-state index >= 15 is 0 Å². The van der Waals surface area contributed by atoms with Gasteiger partial charge < -0.3 is 10.2 Å². The van der Waals surface area contributed by atoms with Gasteiger partial charge in [0.15, 0.2) is 5.82 Å². The van der Waals surface area contributed by atoms with Gasteiger partial charge in [-0.1, -0.05) is 76.3 Å². The molecule has 1 heterocycles. The maximum atomic E-state index is 4.58. The monoisotopic (exact) mass is 382 g/mol. The molecular weight excluding hydrogens is 344 g/mol. The molecule has 1 N–H and O–H groups in total. The van der Waals surface area contributed by atoms with Gasteiger partial charge in [0.25, 0.3) is 0 Å². The molecule has 0 spiro atoms. The van der Waals surface area contributed by atoms with Gasteiger partial charge in [0, 0.05) is 18.2 Å². The maximum absolute atomic E-state index is 4.58. The first-order valence-electron chi connectivity index (χ1n) is 11.0. The molecule has 1 unspecified atom stereocenters. The van der Waals surface area contributed by atoms with Crippen molar-refractivity contribution in [1.82, 2.24) is 15.1 Å². The molecule has 1 aromatic carbocycles. The number of hydrogen-bond donors (Lipinski definition) is 1. The summed E-state index contributed by atoms with van der Waals surface area (Å²) in [5, 5.41) is 12.7. The van der Waals surface area contributed by atoms with E-state index in [1.807, 2.05) is 6.07 Å². The number of aromatic nitrogens is 2. The first-order valence-corrected chi connectivity index (χ1v) is 11.0. The van der Waals surface area contributed by atoms with Crippen molar-refractivity contribution in [1.29, 1.82) is 0 Å². The highest BCUT2D eigenvalue weighted by Crippen LogP contribution is 2.23. The largest absolute Gasteiger partial charge is 0.367 e. The summed E-state index contributed by atoms with van der Waals surface area (Å²) in [4.78, 5) is 2.30. The number of hydrogen-bond acceptors (Lipinski definition) is 4. The van der Waals surface area contributed by atoms with Crippen LogP contribution in [0.15, 0.2) is 36.4 Å². The van der Waals surface area contributed by atoms with E-state index in [-0.39, 0.29) is 0 Å². The van der Waals surface area contributed by atoms with E-state index < -0.39 is 0 Å². The van der Waals surface area contributed by atoms with Crippen molar-refractivity contribution in [2.75, 3.05) is 26.0 Å². The fourth-order valence-electron chi connectivity index (χ4n) is 3.53. The maximum Gasteiger partial charge on any atom is 0.151 e. The van der Waals surface area contributed by atoms with Crippen LogP contribution >= 0.6 is 0 Å². The van der Waals surface area contributed by atoms with E-state index in [4.69, 9.17) is 0 Å². The van der Waals surface area contributed by atoms with Gasteiger partial charge in [-0.15, -0.1) is 10.2 Å². The quantitative estimate of drug-likeness (QED) is 0.445. The molecule has 0 aliphatic carbocycles. The van der Waals surface area contributed by atoms with Crippen LogP contribution in [0.3, 0.4) is 0 Å². The average Bonchev–Trinajstić information content (AvgIpc) is 2.72. The van der Waals surface area contributed by atoms with Gasteiger partial charge in [0.2, 0.25) is 0 Å². The third-order valence-electron chi connectivity index (χ3n) is 5.35. The summed E-state index contributed by atoms with van der Waals surface area (Å²) in [5.41, 5.74) is 3.39. The lowest BCUT2D eigenvalue weighted by Gasteiger charge is -2.25. The molecule has 4 nitrogen and oxygen atoms in total. The minimum absolute atomic E-state index is 0.512. The van der Waals surface area contributed by atoms with Crippen LogP contribution in [0.4, 0.5) is 5.82 Å². The van der Waals surface area contributed by atoms with E-state index in [1.54, 1.807) is 0 Å². The van der Waals surface area contributed by atoms with Crippen molar-refractivity contribution in [3.63, 3.8) is 0 Å². The normalized spacial score (nSPS) is 12.3. The van der Waals surface area contributed by atoms with Crippen LogP contribution in [0, 0.1) is 0 Å². The second-order valence-electron chi connectivity index (χ2n) is 7.92. The van der Waals surface area contributed by atoms with Gasteiger partial charge in [-0.25, -0.2) is 0 Å². The molecule has 154 valence electrons. The van der Waals surface area contributed by atoms with Gasteiger partial charge in [-0.3, -0.25) is 0 Å². The minimum Gasteiger partial charge on any atom is -0.367 e. The van der Waals surface area contributed by atoms with Crippen molar-refractivity contribution in [2.24, 2.45) is 0 Å². The van der Waals surface area contributed by atoms with E-state index in [0.717, 1.165) is 30.0 Å². The summed E-state index contributed by atoms with van der Waals surface area (Å²) in [6, 6.07) is 13.1. The molecule has 1 aromatic heterocycles. The van der Waals surface area contributed by atoms with Crippen LogP contribution in [0.2, 0.25) is 0 Å². The molecular formula is C24H38N4. The highest BCUT2D eigenvalue weighted by atomic mass is 15.2. The summed E-state index contributed by atoms with van der Waals surface area (Å²) < 4.78 is 0. The molecule has 4 heteroatoms. The summed E-state index contributed by atoms with van der Waals surface area (Å²) in [5.74, 6) is 0.957. The highest BCUT2D eigenvalue weighted by Gasteiger charge is 2.13. The van der Waals surface area contributed by atoms with Crippen molar-refractivity contribution in [2.45, 2.75) is 71.3 Å². The van der Waals surface area contributed by atoms with Crippen LogP contribution in [0.5, 0.6) is 0 Å². The van der Waals surface area contributed by atoms with E-state index in [9.17, 15) is 0 Å². The molecule has 0 aliphatic rings. The lowest BCUT2D eigenvalue weighted by Crippen LogP contribution is -2.34. The molecule has 0 saturated heterocycles. The molecule has 0 amide bonds. The Morgan fingerprint density at radius 3 is 2.36 bits per heavy atom. The zero-order valence-corrected chi connectivity index (χ0v) is 18.2. The Kier molecular flexibility index (Phi) is 9.98. The van der Waals surface area contributed by atoms with Crippen LogP contribution in [-0.4, -0.2) is 41.8 Å². The Bertz CT molecular complexity index is 670. The number of likely N-dealkylation sites (N-methyl/N-ethyl adjacent to an activating group) is 1. The zero-order valence-electron chi connectivity index (χ0n) is 18.2. The highest BCUT2D eigenvalue weighted by molar-refractivity contribution is 5.61. The zero-order chi connectivity index (χ0) is 20.2. The SMILES string of the molecule is CCCCCCCc1cc(-c2ccccc2)nnc1NCC(CCC)N(C)C. The fourth-order valence-corrected chi connectivity index (χ4v) is 3.53. The number of nitrogens with one attached hydrogen (secondary N) is 1. The third-order valence-corrected chi connectivity index (χ3v) is 5.35. The molecule has 0 fully saturated rings. The Balaban J connectivity index is 2.12. The van der Waals surface area contributed by atoms with Gasteiger partial charge in [0.1, 0.15) is 0 Å². The fraction of sp³-hybridized carbons (Fsp3) is 0.583. The predicted molar refractivity (Wildman–Crippen MR) is 121 cm³/mol. The van der Waals surface area contributed by atoms with Crippen molar-refractivity contribution in [3.8, 4) is 11.3 Å². The second-order valence-corrected chi connectivity index (χ2v) is 7.92. The smallest absolute Gasteiger partial charge is 0.151 e. The Hall–Kier alpha value is -1.94. The Morgan fingerprint density at radius 2 is 1.68 bits per heavy atom. The Labute approximate surface area is 171 Å². The molecule has 0 radical (unpaired) electrons. The summed E-state index contributed by atoms with van der Waals surface area (Å²) >= 11 is 0. The number of benzene rings is 1. The van der Waals surface area contributed by atoms with Crippen LogP contribution < -0.4 is 5.32 Å². The van der Waals surface area contributed by atoms with Gasteiger partial charge in [-0.2, -0.15) is 0 Å². The van der Waals surface area contributed by atoms with Crippen LogP contribution in [0.1, 0.15) is 64.4 Å². The summed E-state index contributed by atoms with van der Waals surface area (Å²) in [6.07, 6.45) is 9.86. The minimum atomic E-state index is 0.512. The van der Waals surface area contributed by atoms with Crippen LogP contribution in [-0.2, 0) is 6.42 Å². The lowest BCUT2D eigenvalue weighted by atomic mass is 10.0.